The van der Waals surface area contributed by atoms with Crippen LogP contribution in [0.25, 0.3) is 10.9 Å². The van der Waals surface area contributed by atoms with Gasteiger partial charge in [0.25, 0.3) is 0 Å². The van der Waals surface area contributed by atoms with Crippen LogP contribution in [-0.2, 0) is 0 Å². The zero-order valence-corrected chi connectivity index (χ0v) is 9.89. The highest BCUT2D eigenvalue weighted by Crippen LogP contribution is 2.31. The van der Waals surface area contributed by atoms with E-state index in [-0.39, 0.29) is 5.82 Å². The number of anilines is 1. The number of hydrogen-bond acceptors (Lipinski definition) is 2. The van der Waals surface area contributed by atoms with Crippen LogP contribution in [0.3, 0.4) is 0 Å². The van der Waals surface area contributed by atoms with Crippen molar-refractivity contribution in [1.29, 1.82) is 0 Å². The van der Waals surface area contributed by atoms with Crippen molar-refractivity contribution < 1.29 is 4.39 Å². The molecule has 2 heterocycles. The molecule has 1 saturated heterocycles. The number of fused-ring (bicyclic) bond motifs is 1. The monoisotopic (exact) mass is 233 g/mol. The van der Waals surface area contributed by atoms with Crippen LogP contribution in [0.2, 0.25) is 0 Å². The van der Waals surface area contributed by atoms with Crippen LogP contribution in [0.4, 0.5) is 10.1 Å². The number of H-pyrrole nitrogens is 1. The molecule has 0 saturated carbocycles. The van der Waals surface area contributed by atoms with Crippen LogP contribution >= 0.6 is 0 Å². The fourth-order valence-corrected chi connectivity index (χ4v) is 2.58. The van der Waals surface area contributed by atoms with E-state index in [1.54, 1.807) is 6.07 Å². The summed E-state index contributed by atoms with van der Waals surface area (Å²) >= 11 is 0. The SMILES string of the molecule is Cc1[nH]c2ccc(F)cc2c1N1CCNCC1. The first kappa shape index (κ1) is 10.6. The first-order valence-corrected chi connectivity index (χ1v) is 5.99. The molecule has 4 heteroatoms. The number of aromatic nitrogens is 1. The normalized spacial score (nSPS) is 16.7. The summed E-state index contributed by atoms with van der Waals surface area (Å²) in [6, 6.07) is 4.93. The smallest absolute Gasteiger partial charge is 0.124 e. The quantitative estimate of drug-likeness (QED) is 0.789. The lowest BCUT2D eigenvalue weighted by atomic mass is 10.2. The molecule has 0 amide bonds. The molecule has 1 aromatic carbocycles. The third-order valence-electron chi connectivity index (χ3n) is 3.35. The second-order valence-corrected chi connectivity index (χ2v) is 4.53. The van der Waals surface area contributed by atoms with E-state index < -0.39 is 0 Å². The average Bonchev–Trinajstić information content (AvgIpc) is 2.65. The average molecular weight is 233 g/mol. The van der Waals surface area contributed by atoms with E-state index in [0.717, 1.165) is 48.5 Å². The second kappa shape index (κ2) is 4.04. The van der Waals surface area contributed by atoms with Crippen molar-refractivity contribution in [1.82, 2.24) is 10.3 Å². The molecule has 0 radical (unpaired) electrons. The predicted octanol–water partition coefficient (Wildman–Crippen LogP) is 2.03. The number of piperazine rings is 1. The van der Waals surface area contributed by atoms with E-state index >= 15 is 0 Å². The molecule has 90 valence electrons. The highest BCUT2D eigenvalue weighted by molar-refractivity contribution is 5.95. The summed E-state index contributed by atoms with van der Waals surface area (Å²) in [6.07, 6.45) is 0. The minimum atomic E-state index is -0.173. The molecule has 1 aliphatic rings. The maximum Gasteiger partial charge on any atom is 0.124 e. The topological polar surface area (TPSA) is 31.1 Å². The molecule has 0 unspecified atom stereocenters. The molecule has 0 bridgehead atoms. The molecule has 17 heavy (non-hydrogen) atoms. The van der Waals surface area contributed by atoms with Crippen molar-refractivity contribution in [2.24, 2.45) is 0 Å². The number of aromatic amines is 1. The Morgan fingerprint density at radius 2 is 2.00 bits per heavy atom. The van der Waals surface area contributed by atoms with Crippen LogP contribution < -0.4 is 10.2 Å². The van der Waals surface area contributed by atoms with Crippen molar-refractivity contribution in [2.75, 3.05) is 31.1 Å². The van der Waals surface area contributed by atoms with Crippen molar-refractivity contribution in [3.63, 3.8) is 0 Å². The molecule has 3 nitrogen and oxygen atoms in total. The van der Waals surface area contributed by atoms with Gasteiger partial charge in [-0.25, -0.2) is 4.39 Å². The molecule has 2 aromatic rings. The van der Waals surface area contributed by atoms with Gasteiger partial charge in [0.2, 0.25) is 0 Å². The zero-order chi connectivity index (χ0) is 11.8. The van der Waals surface area contributed by atoms with Gasteiger partial charge in [-0.3, -0.25) is 0 Å². The van der Waals surface area contributed by atoms with Gasteiger partial charge >= 0.3 is 0 Å². The Morgan fingerprint density at radius 1 is 1.24 bits per heavy atom. The fraction of sp³-hybridized carbons (Fsp3) is 0.385. The van der Waals surface area contributed by atoms with Gasteiger partial charge in [0.05, 0.1) is 5.69 Å². The van der Waals surface area contributed by atoms with Gasteiger partial charge < -0.3 is 15.2 Å². The van der Waals surface area contributed by atoms with Crippen molar-refractivity contribution in [2.45, 2.75) is 6.92 Å². The second-order valence-electron chi connectivity index (χ2n) is 4.53. The molecular formula is C13H16FN3. The fourth-order valence-electron chi connectivity index (χ4n) is 2.58. The van der Waals surface area contributed by atoms with Crippen LogP contribution in [0, 0.1) is 12.7 Å². The van der Waals surface area contributed by atoms with Crippen molar-refractivity contribution in [3.05, 3.63) is 29.7 Å². The van der Waals surface area contributed by atoms with E-state index in [1.807, 2.05) is 6.07 Å². The van der Waals surface area contributed by atoms with E-state index in [4.69, 9.17) is 0 Å². The van der Waals surface area contributed by atoms with Gasteiger partial charge in [-0.2, -0.15) is 0 Å². The lowest BCUT2D eigenvalue weighted by Crippen LogP contribution is -2.43. The van der Waals surface area contributed by atoms with Gasteiger partial charge in [0, 0.05) is 42.8 Å². The Morgan fingerprint density at radius 3 is 2.76 bits per heavy atom. The van der Waals surface area contributed by atoms with Crippen LogP contribution in [-0.4, -0.2) is 31.2 Å². The van der Waals surface area contributed by atoms with Crippen LogP contribution in [0.15, 0.2) is 18.2 Å². The van der Waals surface area contributed by atoms with Crippen LogP contribution in [0.5, 0.6) is 0 Å². The summed E-state index contributed by atoms with van der Waals surface area (Å²) in [4.78, 5) is 5.65. The Labute approximate surface area is 99.6 Å². The number of nitrogens with one attached hydrogen (secondary N) is 2. The van der Waals surface area contributed by atoms with Gasteiger partial charge in [0.15, 0.2) is 0 Å². The van der Waals surface area contributed by atoms with Gasteiger partial charge in [0.1, 0.15) is 5.82 Å². The molecule has 0 spiro atoms. The van der Waals surface area contributed by atoms with E-state index in [0.29, 0.717) is 0 Å². The minimum absolute atomic E-state index is 0.173. The zero-order valence-electron chi connectivity index (χ0n) is 9.89. The summed E-state index contributed by atoms with van der Waals surface area (Å²) in [5.41, 5.74) is 3.28. The number of benzene rings is 1. The van der Waals surface area contributed by atoms with Gasteiger partial charge in [-0.05, 0) is 25.1 Å². The Kier molecular flexibility index (Phi) is 2.52. The summed E-state index contributed by atoms with van der Waals surface area (Å²) in [7, 11) is 0. The van der Waals surface area contributed by atoms with Crippen molar-refractivity contribution in [3.8, 4) is 0 Å². The molecule has 0 atom stereocenters. The lowest BCUT2D eigenvalue weighted by Gasteiger charge is -2.29. The summed E-state index contributed by atoms with van der Waals surface area (Å²) in [5, 5.41) is 4.32. The lowest BCUT2D eigenvalue weighted by molar-refractivity contribution is 0.589. The van der Waals surface area contributed by atoms with Gasteiger partial charge in [-0.1, -0.05) is 0 Å². The first-order chi connectivity index (χ1) is 8.25. The number of nitrogens with zero attached hydrogens (tertiary/aromatic N) is 1. The largest absolute Gasteiger partial charge is 0.367 e. The number of aryl methyl sites for hydroxylation is 1. The summed E-state index contributed by atoms with van der Waals surface area (Å²) < 4.78 is 13.3. The van der Waals surface area contributed by atoms with E-state index in [1.165, 1.54) is 6.07 Å². The van der Waals surface area contributed by atoms with Gasteiger partial charge in [-0.15, -0.1) is 0 Å². The van der Waals surface area contributed by atoms with Crippen molar-refractivity contribution >= 4 is 16.6 Å². The first-order valence-electron chi connectivity index (χ1n) is 5.99. The third kappa shape index (κ3) is 1.78. The van der Waals surface area contributed by atoms with E-state index in [9.17, 15) is 4.39 Å². The third-order valence-corrected chi connectivity index (χ3v) is 3.35. The van der Waals surface area contributed by atoms with E-state index in [2.05, 4.69) is 22.1 Å². The highest BCUT2D eigenvalue weighted by Gasteiger charge is 2.17. The van der Waals surface area contributed by atoms with Crippen LogP contribution in [0.1, 0.15) is 5.69 Å². The molecular weight excluding hydrogens is 217 g/mol. The minimum Gasteiger partial charge on any atom is -0.367 e. The standard InChI is InChI=1S/C13H16FN3/c1-9-13(17-6-4-15-5-7-17)11-8-10(14)2-3-12(11)16-9/h2-3,8,15-16H,4-7H2,1H3. The molecule has 1 fully saturated rings. The Balaban J connectivity index is 2.13. The molecule has 3 rings (SSSR count). The Bertz CT molecular complexity index is 541. The maximum atomic E-state index is 13.3. The molecule has 0 aliphatic carbocycles. The number of hydrogen-bond donors (Lipinski definition) is 2. The highest BCUT2D eigenvalue weighted by atomic mass is 19.1. The number of halogens is 1. The number of rotatable bonds is 1. The molecule has 1 aromatic heterocycles. The predicted molar refractivity (Wildman–Crippen MR) is 68.1 cm³/mol. The molecule has 1 aliphatic heterocycles. The summed E-state index contributed by atoms with van der Waals surface area (Å²) in [5.74, 6) is -0.173. The molecule has 2 N–H and O–H groups in total. The summed E-state index contributed by atoms with van der Waals surface area (Å²) in [6.45, 7) is 5.98. The maximum absolute atomic E-state index is 13.3. The Hall–Kier alpha value is -1.55.